The van der Waals surface area contributed by atoms with Crippen LogP contribution < -0.4 is 5.73 Å². The highest BCUT2D eigenvalue weighted by Gasteiger charge is 2.49. The molecule has 1 aliphatic heterocycles. The number of hydrogen-bond donors (Lipinski definition) is 1. The lowest BCUT2D eigenvalue weighted by atomic mass is 10.2. The predicted octanol–water partition coefficient (Wildman–Crippen LogP) is 0.122. The van der Waals surface area contributed by atoms with E-state index >= 15 is 0 Å². The molecule has 2 heteroatoms. The van der Waals surface area contributed by atoms with Crippen molar-refractivity contribution in [1.29, 1.82) is 0 Å². The van der Waals surface area contributed by atoms with E-state index < -0.39 is 0 Å². The Morgan fingerprint density at radius 3 is 2.88 bits per heavy atom. The van der Waals surface area contributed by atoms with Crippen LogP contribution in [0, 0.1) is 5.92 Å². The van der Waals surface area contributed by atoms with Crippen LogP contribution in [0.3, 0.4) is 0 Å². The number of rotatable bonds is 0. The fraction of sp³-hybridized carbons (Fsp3) is 1.00. The molecule has 0 aromatic carbocycles. The van der Waals surface area contributed by atoms with Gasteiger partial charge in [0.2, 0.25) is 0 Å². The van der Waals surface area contributed by atoms with Crippen LogP contribution in [0.2, 0.25) is 0 Å². The summed E-state index contributed by atoms with van der Waals surface area (Å²) in [6.07, 6.45) is 2.96. The first-order valence-corrected chi connectivity index (χ1v) is 3.27. The van der Waals surface area contributed by atoms with Crippen LogP contribution in [-0.4, -0.2) is 18.8 Å². The van der Waals surface area contributed by atoms with E-state index in [0.29, 0.717) is 12.1 Å². The molecule has 0 aromatic rings. The second-order valence-corrected chi connectivity index (χ2v) is 2.72. The van der Waals surface area contributed by atoms with Gasteiger partial charge < -0.3 is 10.5 Å². The standard InChI is InChI=1S/C6H11NO/c7-5-4-2-1-3-8-6(4)5/h4-6H,1-3,7H2/t4-,5-,6-/m0/s1. The van der Waals surface area contributed by atoms with Crippen LogP contribution in [0.25, 0.3) is 0 Å². The molecule has 0 radical (unpaired) electrons. The number of hydrogen-bond acceptors (Lipinski definition) is 2. The van der Waals surface area contributed by atoms with Gasteiger partial charge >= 0.3 is 0 Å². The highest BCUT2D eigenvalue weighted by atomic mass is 16.5. The lowest BCUT2D eigenvalue weighted by Crippen LogP contribution is -2.08. The van der Waals surface area contributed by atoms with Gasteiger partial charge in [-0.2, -0.15) is 0 Å². The first-order valence-electron chi connectivity index (χ1n) is 3.27. The second-order valence-electron chi connectivity index (χ2n) is 2.72. The molecule has 3 atom stereocenters. The van der Waals surface area contributed by atoms with Crippen LogP contribution in [0.15, 0.2) is 0 Å². The maximum absolute atomic E-state index is 5.65. The molecule has 1 saturated heterocycles. The molecule has 0 unspecified atom stereocenters. The fourth-order valence-electron chi connectivity index (χ4n) is 1.50. The summed E-state index contributed by atoms with van der Waals surface area (Å²) in [6.45, 7) is 0.939. The number of fused-ring (bicyclic) bond motifs is 1. The zero-order valence-electron chi connectivity index (χ0n) is 4.84. The molecule has 2 nitrogen and oxygen atoms in total. The zero-order valence-corrected chi connectivity index (χ0v) is 4.84. The molecule has 0 amide bonds. The fourth-order valence-corrected chi connectivity index (χ4v) is 1.50. The summed E-state index contributed by atoms with van der Waals surface area (Å²) in [4.78, 5) is 0. The van der Waals surface area contributed by atoms with E-state index in [-0.39, 0.29) is 0 Å². The average Bonchev–Trinajstić information content (AvgIpc) is 2.46. The van der Waals surface area contributed by atoms with Gasteiger partial charge in [0.1, 0.15) is 0 Å². The quantitative estimate of drug-likeness (QED) is 0.484. The Morgan fingerprint density at radius 2 is 2.38 bits per heavy atom. The van der Waals surface area contributed by atoms with E-state index in [2.05, 4.69) is 0 Å². The van der Waals surface area contributed by atoms with E-state index in [9.17, 15) is 0 Å². The summed E-state index contributed by atoms with van der Waals surface area (Å²) < 4.78 is 5.34. The third-order valence-electron chi connectivity index (χ3n) is 2.15. The molecule has 0 bridgehead atoms. The molecule has 2 fully saturated rings. The van der Waals surface area contributed by atoms with Crippen molar-refractivity contribution in [2.75, 3.05) is 6.61 Å². The molecule has 2 N–H and O–H groups in total. The first kappa shape index (κ1) is 4.77. The van der Waals surface area contributed by atoms with Crippen molar-refractivity contribution in [2.45, 2.75) is 25.0 Å². The number of ether oxygens (including phenoxy) is 1. The Hall–Kier alpha value is -0.0800. The van der Waals surface area contributed by atoms with Gasteiger partial charge in [-0.1, -0.05) is 0 Å². The van der Waals surface area contributed by atoms with Crippen molar-refractivity contribution in [1.82, 2.24) is 0 Å². The van der Waals surface area contributed by atoms with Gasteiger partial charge in [-0.15, -0.1) is 0 Å². The van der Waals surface area contributed by atoms with Crippen molar-refractivity contribution in [3.63, 3.8) is 0 Å². The summed E-state index contributed by atoms with van der Waals surface area (Å²) in [6, 6.07) is 0.387. The lowest BCUT2D eigenvalue weighted by Gasteiger charge is -2.06. The Balaban J connectivity index is 1.97. The normalized spacial score (nSPS) is 52.9. The molecule has 1 heterocycles. The van der Waals surface area contributed by atoms with Crippen LogP contribution in [0.5, 0.6) is 0 Å². The third-order valence-corrected chi connectivity index (χ3v) is 2.15. The van der Waals surface area contributed by atoms with Gasteiger partial charge in [0.05, 0.1) is 6.10 Å². The maximum atomic E-state index is 5.65. The van der Waals surface area contributed by atoms with Crippen LogP contribution in [-0.2, 0) is 4.74 Å². The molecular weight excluding hydrogens is 102 g/mol. The second kappa shape index (κ2) is 1.45. The van der Waals surface area contributed by atoms with Crippen molar-refractivity contribution < 1.29 is 4.74 Å². The molecule has 8 heavy (non-hydrogen) atoms. The van der Waals surface area contributed by atoms with Crippen molar-refractivity contribution >= 4 is 0 Å². The molecule has 2 aliphatic rings. The average molecular weight is 113 g/mol. The van der Waals surface area contributed by atoms with E-state index in [1.54, 1.807) is 0 Å². The van der Waals surface area contributed by atoms with Gasteiger partial charge in [0, 0.05) is 18.6 Å². The summed E-state index contributed by atoms with van der Waals surface area (Å²) >= 11 is 0. The monoisotopic (exact) mass is 113 g/mol. The van der Waals surface area contributed by atoms with Gasteiger partial charge in [-0.05, 0) is 12.8 Å². The molecule has 0 spiro atoms. The molecule has 1 saturated carbocycles. The SMILES string of the molecule is N[C@H]1[C@@H]2CCCO[C@H]12. The lowest BCUT2D eigenvalue weighted by molar-refractivity contribution is 0.0783. The number of nitrogens with two attached hydrogens (primary N) is 1. The van der Waals surface area contributed by atoms with Crippen LogP contribution in [0.1, 0.15) is 12.8 Å². The molecule has 1 aliphatic carbocycles. The highest BCUT2D eigenvalue weighted by molar-refractivity contribution is 5.04. The van der Waals surface area contributed by atoms with Gasteiger partial charge in [-0.25, -0.2) is 0 Å². The Labute approximate surface area is 49.0 Å². The highest BCUT2D eigenvalue weighted by Crippen LogP contribution is 2.39. The van der Waals surface area contributed by atoms with E-state index in [1.165, 1.54) is 12.8 Å². The van der Waals surface area contributed by atoms with Crippen LogP contribution >= 0.6 is 0 Å². The third kappa shape index (κ3) is 0.501. The molecule has 46 valence electrons. The van der Waals surface area contributed by atoms with Gasteiger partial charge in [-0.3, -0.25) is 0 Å². The minimum atomic E-state index is 0.387. The van der Waals surface area contributed by atoms with E-state index in [0.717, 1.165) is 12.5 Å². The Morgan fingerprint density at radius 1 is 1.50 bits per heavy atom. The van der Waals surface area contributed by atoms with Crippen molar-refractivity contribution in [3.8, 4) is 0 Å². The van der Waals surface area contributed by atoms with Crippen molar-refractivity contribution in [2.24, 2.45) is 11.7 Å². The topological polar surface area (TPSA) is 35.2 Å². The summed E-state index contributed by atoms with van der Waals surface area (Å²) in [5.74, 6) is 0.726. The predicted molar refractivity (Wildman–Crippen MR) is 30.4 cm³/mol. The summed E-state index contributed by atoms with van der Waals surface area (Å²) in [5, 5.41) is 0. The Kier molecular flexibility index (Phi) is 0.866. The zero-order chi connectivity index (χ0) is 5.56. The minimum Gasteiger partial charge on any atom is -0.376 e. The summed E-state index contributed by atoms with van der Waals surface area (Å²) in [7, 11) is 0. The Bertz CT molecular complexity index is 92.7. The van der Waals surface area contributed by atoms with Crippen molar-refractivity contribution in [3.05, 3.63) is 0 Å². The van der Waals surface area contributed by atoms with E-state index in [1.807, 2.05) is 0 Å². The van der Waals surface area contributed by atoms with Gasteiger partial charge in [0.15, 0.2) is 0 Å². The molecular formula is C6H11NO. The first-order chi connectivity index (χ1) is 3.89. The minimum absolute atomic E-state index is 0.387. The van der Waals surface area contributed by atoms with Crippen LogP contribution in [0.4, 0.5) is 0 Å². The maximum Gasteiger partial charge on any atom is 0.0773 e. The summed E-state index contributed by atoms with van der Waals surface area (Å²) in [5.41, 5.74) is 5.65. The molecule has 2 rings (SSSR count). The molecule has 0 aromatic heterocycles. The largest absolute Gasteiger partial charge is 0.376 e. The smallest absolute Gasteiger partial charge is 0.0773 e. The van der Waals surface area contributed by atoms with Gasteiger partial charge in [0.25, 0.3) is 0 Å². The van der Waals surface area contributed by atoms with E-state index in [4.69, 9.17) is 10.5 Å².